The van der Waals surface area contributed by atoms with Crippen molar-refractivity contribution in [2.24, 2.45) is 0 Å². The van der Waals surface area contributed by atoms with Gasteiger partial charge in [-0.15, -0.1) is 0 Å². The zero-order valence-electron chi connectivity index (χ0n) is 14.7. The summed E-state index contributed by atoms with van der Waals surface area (Å²) in [5, 5.41) is 3.21. The number of carbonyl (C=O) groups is 1. The summed E-state index contributed by atoms with van der Waals surface area (Å²) in [4.78, 5) is 14.6. The van der Waals surface area contributed by atoms with E-state index in [0.717, 1.165) is 11.3 Å². The van der Waals surface area contributed by atoms with E-state index in [0.29, 0.717) is 25.9 Å². The minimum atomic E-state index is -2.90. The summed E-state index contributed by atoms with van der Waals surface area (Å²) in [5.74, 6) is 0.435. The third-order valence-electron chi connectivity index (χ3n) is 4.56. The Hall–Kier alpha value is -2.18. The third kappa shape index (κ3) is 5.16. The van der Waals surface area contributed by atoms with Crippen LogP contribution in [0.15, 0.2) is 60.7 Å². The van der Waals surface area contributed by atoms with Gasteiger partial charge in [-0.1, -0.05) is 48.5 Å². The summed E-state index contributed by atoms with van der Waals surface area (Å²) in [6.45, 7) is 0.999. The Morgan fingerprint density at radius 3 is 2.31 bits per heavy atom. The van der Waals surface area contributed by atoms with E-state index in [1.165, 1.54) is 0 Å². The van der Waals surface area contributed by atoms with Crippen LogP contribution in [0.25, 0.3) is 0 Å². The zero-order valence-corrected chi connectivity index (χ0v) is 15.5. The summed E-state index contributed by atoms with van der Waals surface area (Å²) >= 11 is 0. The fraction of sp³-hybridized carbons (Fsp3) is 0.350. The molecule has 0 radical (unpaired) electrons. The molecule has 1 N–H and O–H groups in total. The highest BCUT2D eigenvalue weighted by Gasteiger charge is 2.27. The molecule has 1 atom stereocenters. The maximum absolute atomic E-state index is 12.8. The van der Waals surface area contributed by atoms with Crippen molar-refractivity contribution in [1.29, 1.82) is 0 Å². The van der Waals surface area contributed by atoms with E-state index in [1.54, 1.807) is 4.90 Å². The van der Waals surface area contributed by atoms with Gasteiger partial charge >= 0.3 is 0 Å². The van der Waals surface area contributed by atoms with Gasteiger partial charge in [-0.05, 0) is 24.1 Å². The zero-order chi connectivity index (χ0) is 18.4. The van der Waals surface area contributed by atoms with Crippen LogP contribution >= 0.6 is 0 Å². The number of rotatable bonds is 7. The number of hydrogen-bond acceptors (Lipinski definition) is 4. The first-order valence-electron chi connectivity index (χ1n) is 8.87. The van der Waals surface area contributed by atoms with Crippen LogP contribution in [0.1, 0.15) is 18.4 Å². The number of hydrogen-bond donors (Lipinski definition) is 1. The van der Waals surface area contributed by atoms with Gasteiger partial charge in [0.15, 0.2) is 9.84 Å². The van der Waals surface area contributed by atoms with Crippen molar-refractivity contribution in [1.82, 2.24) is 5.32 Å². The summed E-state index contributed by atoms with van der Waals surface area (Å²) < 4.78 is 23.0. The molecule has 1 saturated heterocycles. The van der Waals surface area contributed by atoms with Crippen molar-refractivity contribution >= 4 is 21.4 Å². The van der Waals surface area contributed by atoms with Crippen molar-refractivity contribution in [3.8, 4) is 0 Å². The second-order valence-electron chi connectivity index (χ2n) is 6.61. The number of benzene rings is 2. The van der Waals surface area contributed by atoms with Crippen molar-refractivity contribution in [3.05, 3.63) is 66.2 Å². The summed E-state index contributed by atoms with van der Waals surface area (Å²) in [6.07, 6.45) is 0.960. The second kappa shape index (κ2) is 8.47. The molecule has 1 heterocycles. The monoisotopic (exact) mass is 372 g/mol. The molecule has 0 saturated carbocycles. The van der Waals surface area contributed by atoms with Gasteiger partial charge in [0.05, 0.1) is 18.1 Å². The van der Waals surface area contributed by atoms with Gasteiger partial charge in [0.25, 0.3) is 0 Å². The molecule has 1 aliphatic rings. The van der Waals surface area contributed by atoms with Gasteiger partial charge in [-0.3, -0.25) is 4.79 Å². The van der Waals surface area contributed by atoms with Crippen LogP contribution in [0, 0.1) is 0 Å². The van der Waals surface area contributed by atoms with E-state index < -0.39 is 9.84 Å². The van der Waals surface area contributed by atoms with Crippen LogP contribution in [0.5, 0.6) is 0 Å². The number of carbonyl (C=O) groups excluding carboxylic acids is 1. The molecule has 5 nitrogen and oxygen atoms in total. The SMILES string of the molecule is O=C(CCNC1CCS(=O)(=O)C1)N(Cc1ccccc1)c1ccccc1. The first kappa shape index (κ1) is 18.6. The molecule has 0 aromatic heterocycles. The highest BCUT2D eigenvalue weighted by Crippen LogP contribution is 2.18. The van der Waals surface area contributed by atoms with Crippen LogP contribution in [-0.4, -0.2) is 38.4 Å². The molecule has 0 bridgehead atoms. The van der Waals surface area contributed by atoms with Crippen LogP contribution < -0.4 is 10.2 Å². The minimum absolute atomic E-state index is 0.0217. The number of nitrogens with zero attached hydrogens (tertiary/aromatic N) is 1. The maximum Gasteiger partial charge on any atom is 0.228 e. The van der Waals surface area contributed by atoms with E-state index in [2.05, 4.69) is 5.32 Å². The molecule has 6 heteroatoms. The Labute approximate surface area is 154 Å². The van der Waals surface area contributed by atoms with E-state index in [-0.39, 0.29) is 23.5 Å². The predicted octanol–water partition coefficient (Wildman–Crippen LogP) is 2.39. The fourth-order valence-electron chi connectivity index (χ4n) is 3.17. The van der Waals surface area contributed by atoms with Crippen molar-refractivity contribution in [3.63, 3.8) is 0 Å². The molecule has 2 aromatic rings. The van der Waals surface area contributed by atoms with Gasteiger partial charge in [-0.2, -0.15) is 0 Å². The van der Waals surface area contributed by atoms with Crippen LogP contribution in [0.2, 0.25) is 0 Å². The average molecular weight is 372 g/mol. The molecule has 3 rings (SSSR count). The predicted molar refractivity (Wildman–Crippen MR) is 104 cm³/mol. The van der Waals surface area contributed by atoms with E-state index in [4.69, 9.17) is 0 Å². The van der Waals surface area contributed by atoms with Gasteiger partial charge in [0, 0.05) is 24.7 Å². The van der Waals surface area contributed by atoms with E-state index >= 15 is 0 Å². The molecule has 1 fully saturated rings. The first-order valence-corrected chi connectivity index (χ1v) is 10.7. The van der Waals surface area contributed by atoms with Gasteiger partial charge < -0.3 is 10.2 Å². The highest BCUT2D eigenvalue weighted by molar-refractivity contribution is 7.91. The van der Waals surface area contributed by atoms with Gasteiger partial charge in [0.1, 0.15) is 0 Å². The Balaban J connectivity index is 1.61. The molecule has 2 aromatic carbocycles. The molecule has 26 heavy (non-hydrogen) atoms. The number of para-hydroxylation sites is 1. The van der Waals surface area contributed by atoms with Crippen LogP contribution in [0.3, 0.4) is 0 Å². The average Bonchev–Trinajstić information content (AvgIpc) is 3.00. The summed E-state index contributed by atoms with van der Waals surface area (Å²) in [6, 6.07) is 19.5. The smallest absolute Gasteiger partial charge is 0.228 e. The largest absolute Gasteiger partial charge is 0.312 e. The topological polar surface area (TPSA) is 66.5 Å². The summed E-state index contributed by atoms with van der Waals surface area (Å²) in [7, 11) is -2.90. The van der Waals surface area contributed by atoms with E-state index in [9.17, 15) is 13.2 Å². The van der Waals surface area contributed by atoms with E-state index in [1.807, 2.05) is 60.7 Å². The lowest BCUT2D eigenvalue weighted by Crippen LogP contribution is -2.36. The Kier molecular flexibility index (Phi) is 6.06. The molecule has 1 amide bonds. The molecular formula is C20H24N2O3S. The van der Waals surface area contributed by atoms with Crippen molar-refractivity contribution in [2.45, 2.75) is 25.4 Å². The molecule has 1 unspecified atom stereocenters. The molecule has 0 aliphatic carbocycles. The lowest BCUT2D eigenvalue weighted by molar-refractivity contribution is -0.118. The Morgan fingerprint density at radius 2 is 1.69 bits per heavy atom. The number of amides is 1. The lowest BCUT2D eigenvalue weighted by atomic mass is 10.1. The van der Waals surface area contributed by atoms with Crippen LogP contribution in [-0.2, 0) is 21.2 Å². The molecule has 0 spiro atoms. The standard InChI is InChI=1S/C20H24N2O3S/c23-20(11-13-21-18-12-14-26(24,25)16-18)22(19-9-5-2-6-10-19)15-17-7-3-1-4-8-17/h1-10,18,21H,11-16H2. The second-order valence-corrected chi connectivity index (χ2v) is 8.83. The van der Waals surface area contributed by atoms with Crippen molar-refractivity contribution in [2.75, 3.05) is 23.0 Å². The Bertz CT molecular complexity index is 823. The quantitative estimate of drug-likeness (QED) is 0.810. The minimum Gasteiger partial charge on any atom is -0.312 e. The number of sulfone groups is 1. The molecule has 1 aliphatic heterocycles. The summed E-state index contributed by atoms with van der Waals surface area (Å²) in [5.41, 5.74) is 1.93. The molecule has 138 valence electrons. The third-order valence-corrected chi connectivity index (χ3v) is 6.32. The lowest BCUT2D eigenvalue weighted by Gasteiger charge is -2.23. The van der Waals surface area contributed by atoms with Crippen molar-refractivity contribution < 1.29 is 13.2 Å². The Morgan fingerprint density at radius 1 is 1.04 bits per heavy atom. The van der Waals surface area contributed by atoms with Crippen LogP contribution in [0.4, 0.5) is 5.69 Å². The first-order chi connectivity index (χ1) is 12.5. The highest BCUT2D eigenvalue weighted by atomic mass is 32.2. The van der Waals surface area contributed by atoms with Gasteiger partial charge in [-0.25, -0.2) is 8.42 Å². The maximum atomic E-state index is 12.8. The van der Waals surface area contributed by atoms with Gasteiger partial charge in [0.2, 0.25) is 5.91 Å². The normalized spacial score (nSPS) is 18.5. The number of anilines is 1. The molecular weight excluding hydrogens is 348 g/mol. The fourth-order valence-corrected chi connectivity index (χ4v) is 4.88. The number of nitrogens with one attached hydrogen (secondary N) is 1.